The van der Waals surface area contributed by atoms with E-state index in [9.17, 15) is 13.7 Å². The van der Waals surface area contributed by atoms with E-state index in [2.05, 4.69) is 54.5 Å². The van der Waals surface area contributed by atoms with Crippen LogP contribution in [-0.4, -0.2) is 32.9 Å². The zero-order valence-electron chi connectivity index (χ0n) is 20.9. The minimum absolute atomic E-state index is 0.00741. The third kappa shape index (κ3) is 4.05. The summed E-state index contributed by atoms with van der Waals surface area (Å²) in [5, 5.41) is 11.4. The molecule has 0 radical (unpaired) electrons. The van der Waals surface area contributed by atoms with Gasteiger partial charge in [0.15, 0.2) is 0 Å². The summed E-state index contributed by atoms with van der Waals surface area (Å²) >= 11 is 0. The van der Waals surface area contributed by atoms with Crippen molar-refractivity contribution in [1.29, 1.82) is 5.26 Å². The number of aryl methyl sites for hydroxylation is 1. The van der Waals surface area contributed by atoms with Crippen molar-refractivity contribution in [3.63, 3.8) is 0 Å². The van der Waals surface area contributed by atoms with Crippen LogP contribution >= 0.6 is 0 Å². The quantitative estimate of drug-likeness (QED) is 0.362. The summed E-state index contributed by atoms with van der Waals surface area (Å²) in [6.07, 6.45) is 0. The number of hydrogen-bond donors (Lipinski definition) is 0. The average molecular weight is 461 g/mol. The molecule has 6 heteroatoms. The first-order valence-electron chi connectivity index (χ1n) is 11.4. The van der Waals surface area contributed by atoms with Gasteiger partial charge in [-0.15, -0.1) is 0 Å². The SMILES string of the molecule is Cc1ccc(S(=O)(=O)N2C[C@H](C)/C(=C(/C#N)[Si](C(C)C)(C(C)C)C(C)C)C2(C)C)cc1. The molecular formula is C25H40N2O2SSi. The topological polar surface area (TPSA) is 61.2 Å². The van der Waals surface area contributed by atoms with Gasteiger partial charge in [0.25, 0.3) is 0 Å². The van der Waals surface area contributed by atoms with Gasteiger partial charge in [0.2, 0.25) is 10.0 Å². The minimum atomic E-state index is -3.67. The molecule has 0 unspecified atom stereocenters. The first kappa shape index (κ1) is 25.8. The molecule has 1 heterocycles. The van der Waals surface area contributed by atoms with Gasteiger partial charge in [-0.2, -0.15) is 9.57 Å². The molecule has 172 valence electrons. The third-order valence-corrected chi connectivity index (χ3v) is 16.5. The maximum Gasteiger partial charge on any atom is 0.243 e. The van der Waals surface area contributed by atoms with Crippen LogP contribution in [0.2, 0.25) is 16.6 Å². The van der Waals surface area contributed by atoms with Gasteiger partial charge in [-0.1, -0.05) is 66.2 Å². The number of allylic oxidation sites excluding steroid dienone is 1. The number of nitrogens with zero attached hydrogens (tertiary/aromatic N) is 2. The van der Waals surface area contributed by atoms with Gasteiger partial charge >= 0.3 is 0 Å². The molecule has 0 spiro atoms. The van der Waals surface area contributed by atoms with Crippen LogP contribution in [0, 0.1) is 24.2 Å². The summed E-state index contributed by atoms with van der Waals surface area (Å²) in [6.45, 7) is 21.9. The Balaban J connectivity index is 2.79. The number of nitriles is 1. The van der Waals surface area contributed by atoms with E-state index in [-0.39, 0.29) is 5.92 Å². The number of rotatable bonds is 6. The van der Waals surface area contributed by atoms with E-state index in [0.29, 0.717) is 28.1 Å². The largest absolute Gasteiger partial charge is 0.243 e. The molecule has 0 bridgehead atoms. The summed E-state index contributed by atoms with van der Waals surface area (Å²) in [5.74, 6) is 0.00741. The number of benzene rings is 1. The highest BCUT2D eigenvalue weighted by atomic mass is 32.2. The smallest absolute Gasteiger partial charge is 0.207 e. The Morgan fingerprint density at radius 1 is 1.06 bits per heavy atom. The summed E-state index contributed by atoms with van der Waals surface area (Å²) in [5.41, 5.74) is 2.49. The van der Waals surface area contributed by atoms with Crippen LogP contribution in [0.3, 0.4) is 0 Å². The monoisotopic (exact) mass is 460 g/mol. The number of hydrogen-bond acceptors (Lipinski definition) is 3. The summed E-state index contributed by atoms with van der Waals surface area (Å²) in [6, 6.07) is 9.71. The van der Waals surface area contributed by atoms with Gasteiger partial charge in [0, 0.05) is 11.7 Å². The zero-order chi connectivity index (χ0) is 23.9. The Bertz CT molecular complexity index is 962. The summed E-state index contributed by atoms with van der Waals surface area (Å²) < 4.78 is 28.9. The normalized spacial score (nSPS) is 21.7. The molecule has 1 fully saturated rings. The van der Waals surface area contributed by atoms with E-state index in [0.717, 1.165) is 16.3 Å². The van der Waals surface area contributed by atoms with Crippen LogP contribution in [0.25, 0.3) is 0 Å². The molecule has 0 aromatic heterocycles. The van der Waals surface area contributed by atoms with Crippen molar-refractivity contribution in [1.82, 2.24) is 4.31 Å². The van der Waals surface area contributed by atoms with Crippen molar-refractivity contribution in [3.05, 3.63) is 40.6 Å². The molecule has 31 heavy (non-hydrogen) atoms. The molecule has 0 saturated carbocycles. The molecule has 0 N–H and O–H groups in total. The van der Waals surface area contributed by atoms with E-state index in [1.54, 1.807) is 16.4 Å². The lowest BCUT2D eigenvalue weighted by Gasteiger charge is -2.45. The van der Waals surface area contributed by atoms with Crippen LogP contribution in [0.1, 0.15) is 67.9 Å². The maximum atomic E-state index is 13.6. The average Bonchev–Trinajstić information content (AvgIpc) is 2.88. The Morgan fingerprint density at radius 3 is 1.90 bits per heavy atom. The van der Waals surface area contributed by atoms with Crippen molar-refractivity contribution in [2.45, 2.75) is 96.3 Å². The molecule has 4 nitrogen and oxygen atoms in total. The molecule has 2 rings (SSSR count). The van der Waals surface area contributed by atoms with Crippen molar-refractivity contribution in [2.75, 3.05) is 6.54 Å². The summed E-state index contributed by atoms with van der Waals surface area (Å²) in [4.78, 5) is 0.318. The standard InChI is InChI=1S/C25H40N2O2SSi/c1-17(2)31(18(3)4,19(5)6)23(15-26)24-21(8)16-27(25(24,9)10)30(28,29)22-13-11-20(7)12-14-22/h11-14,17-19,21H,16H2,1-10H3/b24-23+/t21-/m0/s1. The minimum Gasteiger partial charge on any atom is -0.207 e. The predicted octanol–water partition coefficient (Wildman–Crippen LogP) is 6.45. The van der Waals surface area contributed by atoms with Gasteiger partial charge in [0.05, 0.1) is 16.5 Å². The molecule has 1 aromatic carbocycles. The molecule has 1 aliphatic heterocycles. The highest BCUT2D eigenvalue weighted by molar-refractivity contribution is 7.89. The lowest BCUT2D eigenvalue weighted by molar-refractivity contribution is 0.320. The second-order valence-corrected chi connectivity index (χ2v) is 18.3. The van der Waals surface area contributed by atoms with Gasteiger partial charge in [0.1, 0.15) is 8.07 Å². The van der Waals surface area contributed by atoms with Gasteiger partial charge < -0.3 is 0 Å². The van der Waals surface area contributed by atoms with Crippen LogP contribution in [0.5, 0.6) is 0 Å². The van der Waals surface area contributed by atoms with Crippen LogP contribution in [0.4, 0.5) is 0 Å². The van der Waals surface area contributed by atoms with Crippen molar-refractivity contribution in [3.8, 4) is 6.07 Å². The lowest BCUT2D eigenvalue weighted by atomic mass is 9.90. The first-order valence-corrected chi connectivity index (χ1v) is 15.1. The molecule has 1 atom stereocenters. The fourth-order valence-corrected chi connectivity index (χ4v) is 15.1. The van der Waals surface area contributed by atoms with E-state index in [4.69, 9.17) is 0 Å². The zero-order valence-corrected chi connectivity index (χ0v) is 22.8. The Hall–Kier alpha value is -1.42. The van der Waals surface area contributed by atoms with E-state index >= 15 is 0 Å². The van der Waals surface area contributed by atoms with Crippen molar-refractivity contribution >= 4 is 18.1 Å². The molecule has 1 aromatic rings. The highest BCUT2D eigenvalue weighted by Gasteiger charge is 2.54. The second-order valence-electron chi connectivity index (χ2n) is 10.6. The van der Waals surface area contributed by atoms with Crippen molar-refractivity contribution < 1.29 is 8.42 Å². The second kappa shape index (κ2) is 8.84. The van der Waals surface area contributed by atoms with E-state index in [1.165, 1.54) is 0 Å². The predicted molar refractivity (Wildman–Crippen MR) is 132 cm³/mol. The van der Waals surface area contributed by atoms with Gasteiger partial charge in [-0.3, -0.25) is 0 Å². The highest BCUT2D eigenvalue weighted by Crippen LogP contribution is 2.52. The number of sulfonamides is 1. The fourth-order valence-electron chi connectivity index (χ4n) is 6.35. The first-order chi connectivity index (χ1) is 14.2. The maximum absolute atomic E-state index is 13.6. The third-order valence-electron chi connectivity index (χ3n) is 7.50. The molecule has 0 aliphatic carbocycles. The van der Waals surface area contributed by atoms with Crippen LogP contribution in [0.15, 0.2) is 39.9 Å². The van der Waals surface area contributed by atoms with Gasteiger partial charge in [-0.05, 0) is 61.0 Å². The van der Waals surface area contributed by atoms with Crippen molar-refractivity contribution in [2.24, 2.45) is 5.92 Å². The molecule has 1 aliphatic rings. The molecule has 0 amide bonds. The Morgan fingerprint density at radius 2 is 1.52 bits per heavy atom. The van der Waals surface area contributed by atoms with Gasteiger partial charge in [-0.25, -0.2) is 8.42 Å². The lowest BCUT2D eigenvalue weighted by Crippen LogP contribution is -2.50. The van der Waals surface area contributed by atoms with Crippen LogP contribution in [-0.2, 0) is 10.0 Å². The van der Waals surface area contributed by atoms with E-state index < -0.39 is 23.6 Å². The summed E-state index contributed by atoms with van der Waals surface area (Å²) in [7, 11) is -5.90. The molecular weight excluding hydrogens is 420 g/mol. The van der Waals surface area contributed by atoms with Crippen LogP contribution < -0.4 is 0 Å². The Kier molecular flexibility index (Phi) is 7.37. The fraction of sp³-hybridized carbons (Fsp3) is 0.640. The van der Waals surface area contributed by atoms with E-state index in [1.807, 2.05) is 32.9 Å². The molecule has 1 saturated heterocycles. The Labute approximate surface area is 191 Å².